The van der Waals surface area contributed by atoms with Gasteiger partial charge in [0.15, 0.2) is 0 Å². The van der Waals surface area contributed by atoms with Crippen molar-refractivity contribution in [1.29, 1.82) is 0 Å². The summed E-state index contributed by atoms with van der Waals surface area (Å²) in [7, 11) is 1.54. The van der Waals surface area contributed by atoms with E-state index < -0.39 is 18.4 Å². The maximum Gasteiger partial charge on any atom is 0.333 e. The predicted molar refractivity (Wildman–Crippen MR) is 81.8 cm³/mol. The van der Waals surface area contributed by atoms with Crippen LogP contribution in [-0.2, 0) is 7.05 Å². The van der Waals surface area contributed by atoms with E-state index in [9.17, 15) is 18.4 Å². The van der Waals surface area contributed by atoms with Gasteiger partial charge in [-0.3, -0.25) is 14.3 Å². The number of halogens is 2. The third-order valence-corrected chi connectivity index (χ3v) is 3.16. The molecule has 0 spiro atoms. The van der Waals surface area contributed by atoms with E-state index in [2.05, 4.69) is 20.8 Å². The van der Waals surface area contributed by atoms with Gasteiger partial charge in [0.25, 0.3) is 11.8 Å². The van der Waals surface area contributed by atoms with Crippen LogP contribution >= 0.6 is 0 Å². The van der Waals surface area contributed by atoms with Gasteiger partial charge in [-0.15, -0.1) is 0 Å². The first kappa shape index (κ1) is 17.6. The van der Waals surface area contributed by atoms with Gasteiger partial charge in [0.1, 0.15) is 11.4 Å². The number of hydrogen-bond acceptors (Lipinski definition) is 4. The SMILES string of the molecule is CC(C)CNC(=O)c1c(NC(=O)c2ccnn2C(F)F)cnn1C. The Hall–Kier alpha value is -2.78. The topological polar surface area (TPSA) is 93.8 Å². The highest BCUT2D eigenvalue weighted by molar-refractivity contribution is 6.07. The van der Waals surface area contributed by atoms with Crippen LogP contribution in [0.25, 0.3) is 0 Å². The van der Waals surface area contributed by atoms with Crippen molar-refractivity contribution in [3.05, 3.63) is 29.8 Å². The molecule has 2 amide bonds. The zero-order valence-corrected chi connectivity index (χ0v) is 13.5. The number of aryl methyl sites for hydroxylation is 1. The first-order valence-corrected chi connectivity index (χ1v) is 7.24. The molecule has 2 aromatic rings. The van der Waals surface area contributed by atoms with Crippen molar-refractivity contribution in [1.82, 2.24) is 24.9 Å². The Bertz CT molecular complexity index is 737. The van der Waals surface area contributed by atoms with E-state index in [1.165, 1.54) is 10.9 Å². The summed E-state index contributed by atoms with van der Waals surface area (Å²) in [5, 5.41) is 12.5. The van der Waals surface area contributed by atoms with Crippen LogP contribution in [0.15, 0.2) is 18.5 Å². The summed E-state index contributed by atoms with van der Waals surface area (Å²) in [5.41, 5.74) is -0.0553. The van der Waals surface area contributed by atoms with Gasteiger partial charge in [-0.25, -0.2) is 0 Å². The van der Waals surface area contributed by atoms with E-state index in [1.807, 2.05) is 13.8 Å². The molecule has 130 valence electrons. The molecule has 0 unspecified atom stereocenters. The summed E-state index contributed by atoms with van der Waals surface area (Å²) in [5.74, 6) is -0.972. The molecule has 0 aromatic carbocycles. The van der Waals surface area contributed by atoms with Gasteiger partial charge in [-0.05, 0) is 12.0 Å². The van der Waals surface area contributed by atoms with E-state index >= 15 is 0 Å². The van der Waals surface area contributed by atoms with E-state index in [-0.39, 0.29) is 23.0 Å². The van der Waals surface area contributed by atoms with E-state index in [0.717, 1.165) is 12.3 Å². The van der Waals surface area contributed by atoms with Crippen LogP contribution < -0.4 is 10.6 Å². The minimum absolute atomic E-state index is 0.130. The molecule has 0 saturated heterocycles. The quantitative estimate of drug-likeness (QED) is 0.836. The lowest BCUT2D eigenvalue weighted by Crippen LogP contribution is -2.30. The molecule has 0 fully saturated rings. The number of rotatable bonds is 6. The molecule has 10 heteroatoms. The van der Waals surface area contributed by atoms with Gasteiger partial charge in [0.2, 0.25) is 0 Å². The zero-order chi connectivity index (χ0) is 17.9. The number of alkyl halides is 2. The van der Waals surface area contributed by atoms with Crippen molar-refractivity contribution in [3.63, 3.8) is 0 Å². The minimum atomic E-state index is -2.94. The fraction of sp³-hybridized carbons (Fsp3) is 0.429. The number of nitrogens with one attached hydrogen (secondary N) is 2. The van der Waals surface area contributed by atoms with Crippen LogP contribution in [0.1, 0.15) is 41.4 Å². The molecule has 0 aliphatic rings. The van der Waals surface area contributed by atoms with Crippen LogP contribution in [0.3, 0.4) is 0 Å². The normalized spacial score (nSPS) is 11.1. The van der Waals surface area contributed by atoms with Crippen LogP contribution in [0.2, 0.25) is 0 Å². The lowest BCUT2D eigenvalue weighted by molar-refractivity contribution is 0.0520. The maximum absolute atomic E-state index is 12.8. The fourth-order valence-electron chi connectivity index (χ4n) is 2.01. The lowest BCUT2D eigenvalue weighted by Gasteiger charge is -2.11. The smallest absolute Gasteiger partial charge is 0.333 e. The third kappa shape index (κ3) is 3.76. The largest absolute Gasteiger partial charge is 0.350 e. The highest BCUT2D eigenvalue weighted by atomic mass is 19.3. The number of amides is 2. The van der Waals surface area contributed by atoms with Crippen molar-refractivity contribution in [2.24, 2.45) is 13.0 Å². The number of nitrogens with zero attached hydrogens (tertiary/aromatic N) is 4. The molecule has 0 aliphatic carbocycles. The number of aromatic nitrogens is 4. The Morgan fingerprint density at radius 3 is 2.58 bits per heavy atom. The molecule has 0 saturated carbocycles. The van der Waals surface area contributed by atoms with Gasteiger partial charge < -0.3 is 10.6 Å². The third-order valence-electron chi connectivity index (χ3n) is 3.16. The lowest BCUT2D eigenvalue weighted by atomic mass is 10.2. The molecule has 2 aromatic heterocycles. The Balaban J connectivity index is 2.20. The summed E-state index contributed by atoms with van der Waals surface area (Å²) in [6.07, 6.45) is 2.38. The van der Waals surface area contributed by atoms with Gasteiger partial charge >= 0.3 is 6.55 Å². The predicted octanol–water partition coefficient (Wildman–Crippen LogP) is 1.65. The average molecular weight is 340 g/mol. The molecule has 2 heterocycles. The van der Waals surface area contributed by atoms with E-state index in [4.69, 9.17) is 0 Å². The Morgan fingerprint density at radius 1 is 1.25 bits per heavy atom. The van der Waals surface area contributed by atoms with Gasteiger partial charge in [0, 0.05) is 19.8 Å². The molecule has 0 radical (unpaired) electrons. The Kier molecular flexibility index (Phi) is 5.27. The highest BCUT2D eigenvalue weighted by Crippen LogP contribution is 2.17. The van der Waals surface area contributed by atoms with E-state index in [1.54, 1.807) is 7.05 Å². The first-order chi connectivity index (χ1) is 11.3. The Labute approximate surface area is 136 Å². The molecule has 2 rings (SSSR count). The monoisotopic (exact) mass is 340 g/mol. The average Bonchev–Trinajstić information content (AvgIpc) is 3.12. The maximum atomic E-state index is 12.8. The van der Waals surface area contributed by atoms with Crippen LogP contribution in [0.5, 0.6) is 0 Å². The molecule has 24 heavy (non-hydrogen) atoms. The molecular formula is C14H18F2N6O2. The number of anilines is 1. The fourth-order valence-corrected chi connectivity index (χ4v) is 2.01. The second-order valence-corrected chi connectivity index (χ2v) is 5.53. The summed E-state index contributed by atoms with van der Waals surface area (Å²) in [6, 6.07) is 1.16. The molecule has 8 nitrogen and oxygen atoms in total. The van der Waals surface area contributed by atoms with Gasteiger partial charge in [-0.1, -0.05) is 13.8 Å². The minimum Gasteiger partial charge on any atom is -0.350 e. The van der Waals surface area contributed by atoms with Gasteiger partial charge in [0.05, 0.1) is 11.9 Å². The molecule has 0 aliphatic heterocycles. The summed E-state index contributed by atoms with van der Waals surface area (Å²) < 4.78 is 27.2. The number of hydrogen-bond donors (Lipinski definition) is 2. The second kappa shape index (κ2) is 7.20. The molecule has 2 N–H and O–H groups in total. The number of carbonyl (C=O) groups excluding carboxylic acids is 2. The zero-order valence-electron chi connectivity index (χ0n) is 13.5. The molecular weight excluding hydrogens is 322 g/mol. The number of carbonyl (C=O) groups is 2. The van der Waals surface area contributed by atoms with Crippen LogP contribution in [0, 0.1) is 5.92 Å². The summed E-state index contributed by atoms with van der Waals surface area (Å²) in [4.78, 5) is 24.4. The summed E-state index contributed by atoms with van der Waals surface area (Å²) in [6.45, 7) is 1.40. The van der Waals surface area contributed by atoms with E-state index in [0.29, 0.717) is 11.2 Å². The van der Waals surface area contributed by atoms with Crippen molar-refractivity contribution >= 4 is 17.5 Å². The Morgan fingerprint density at radius 2 is 1.96 bits per heavy atom. The van der Waals surface area contributed by atoms with Crippen molar-refractivity contribution in [2.45, 2.75) is 20.4 Å². The van der Waals surface area contributed by atoms with Crippen molar-refractivity contribution in [3.8, 4) is 0 Å². The van der Waals surface area contributed by atoms with Crippen molar-refractivity contribution < 1.29 is 18.4 Å². The molecule has 0 atom stereocenters. The van der Waals surface area contributed by atoms with Gasteiger partial charge in [-0.2, -0.15) is 23.7 Å². The van der Waals surface area contributed by atoms with Crippen molar-refractivity contribution in [2.75, 3.05) is 11.9 Å². The highest BCUT2D eigenvalue weighted by Gasteiger charge is 2.22. The standard InChI is InChI=1S/C14H18F2N6O2/c1-8(2)6-17-13(24)11-9(7-19-21(11)3)20-12(23)10-4-5-18-22(10)14(15)16/h4-5,7-8,14H,6H2,1-3H3,(H,17,24)(H,20,23). The van der Waals surface area contributed by atoms with Crippen LogP contribution in [0.4, 0.5) is 14.5 Å². The first-order valence-electron chi connectivity index (χ1n) is 7.24. The summed E-state index contributed by atoms with van der Waals surface area (Å²) >= 11 is 0. The molecule has 0 bridgehead atoms. The van der Waals surface area contributed by atoms with Crippen LogP contribution in [-0.4, -0.2) is 37.9 Å². The second-order valence-electron chi connectivity index (χ2n) is 5.53.